The molecule has 0 saturated carbocycles. The van der Waals surface area contributed by atoms with Crippen molar-refractivity contribution >= 4 is 27.6 Å². The minimum atomic E-state index is -0.0147. The topological polar surface area (TPSA) is 44.8 Å². The molecule has 1 unspecified atom stereocenters. The molecule has 2 aliphatic heterocycles. The van der Waals surface area contributed by atoms with Crippen molar-refractivity contribution in [1.29, 1.82) is 0 Å². The van der Waals surface area contributed by atoms with Crippen LogP contribution in [0.5, 0.6) is 0 Å². The molecule has 1 N–H and O–H groups in total. The third-order valence-corrected chi connectivity index (χ3v) is 4.77. The summed E-state index contributed by atoms with van der Waals surface area (Å²) in [4.78, 5) is 16.5. The zero-order valence-electron chi connectivity index (χ0n) is 12.6. The quantitative estimate of drug-likeness (QED) is 0.893. The van der Waals surface area contributed by atoms with Gasteiger partial charge in [0.1, 0.15) is 0 Å². The van der Waals surface area contributed by atoms with E-state index in [0.29, 0.717) is 6.10 Å². The lowest BCUT2D eigenvalue weighted by Gasteiger charge is -2.35. The summed E-state index contributed by atoms with van der Waals surface area (Å²) in [7, 11) is 0. The van der Waals surface area contributed by atoms with Crippen molar-refractivity contribution in [3.63, 3.8) is 0 Å². The van der Waals surface area contributed by atoms with Gasteiger partial charge in [-0.15, -0.1) is 0 Å². The van der Waals surface area contributed by atoms with Gasteiger partial charge >= 0.3 is 6.03 Å². The molecular formula is C16H22BrN3O2. The Balaban J connectivity index is 1.44. The van der Waals surface area contributed by atoms with E-state index in [1.54, 1.807) is 0 Å². The first-order valence-electron chi connectivity index (χ1n) is 7.86. The summed E-state index contributed by atoms with van der Waals surface area (Å²) in [5, 5.41) is 2.95. The number of carbonyl (C=O) groups excluding carboxylic acids is 1. The zero-order chi connectivity index (χ0) is 15.4. The molecule has 5 nitrogen and oxygen atoms in total. The predicted octanol–water partition coefficient (Wildman–Crippen LogP) is 2.78. The van der Waals surface area contributed by atoms with Crippen LogP contribution in [0.3, 0.4) is 0 Å². The van der Waals surface area contributed by atoms with E-state index in [4.69, 9.17) is 4.74 Å². The van der Waals surface area contributed by atoms with E-state index >= 15 is 0 Å². The number of rotatable bonds is 3. The van der Waals surface area contributed by atoms with E-state index in [9.17, 15) is 4.79 Å². The van der Waals surface area contributed by atoms with Gasteiger partial charge in [-0.05, 0) is 37.1 Å². The van der Waals surface area contributed by atoms with Gasteiger partial charge < -0.3 is 15.0 Å². The average molecular weight is 368 g/mol. The second-order valence-electron chi connectivity index (χ2n) is 5.86. The van der Waals surface area contributed by atoms with E-state index in [2.05, 4.69) is 26.1 Å². The smallest absolute Gasteiger partial charge is 0.321 e. The van der Waals surface area contributed by atoms with E-state index < -0.39 is 0 Å². The first-order chi connectivity index (χ1) is 10.7. The third kappa shape index (κ3) is 4.21. The van der Waals surface area contributed by atoms with Gasteiger partial charge in [0.25, 0.3) is 0 Å². The normalized spacial score (nSPS) is 22.8. The van der Waals surface area contributed by atoms with Gasteiger partial charge in [-0.3, -0.25) is 4.90 Å². The molecule has 0 bridgehead atoms. The van der Waals surface area contributed by atoms with Gasteiger partial charge in [0.15, 0.2) is 0 Å². The summed E-state index contributed by atoms with van der Waals surface area (Å²) in [6.45, 7) is 5.30. The number of halogens is 1. The maximum Gasteiger partial charge on any atom is 0.321 e. The molecule has 6 heteroatoms. The Morgan fingerprint density at radius 2 is 1.95 bits per heavy atom. The van der Waals surface area contributed by atoms with Crippen molar-refractivity contribution in [2.75, 3.05) is 44.6 Å². The van der Waals surface area contributed by atoms with Crippen LogP contribution in [0.2, 0.25) is 0 Å². The second kappa shape index (κ2) is 7.44. The van der Waals surface area contributed by atoms with Crippen molar-refractivity contribution in [3.8, 4) is 0 Å². The summed E-state index contributed by atoms with van der Waals surface area (Å²) in [6, 6.07) is 7.63. The van der Waals surface area contributed by atoms with Crippen LogP contribution in [-0.2, 0) is 4.74 Å². The van der Waals surface area contributed by atoms with E-state index in [1.807, 2.05) is 29.2 Å². The van der Waals surface area contributed by atoms with Crippen LogP contribution >= 0.6 is 15.9 Å². The van der Waals surface area contributed by atoms with Crippen molar-refractivity contribution in [1.82, 2.24) is 9.80 Å². The molecule has 22 heavy (non-hydrogen) atoms. The number of benzene rings is 1. The number of anilines is 1. The van der Waals surface area contributed by atoms with Crippen molar-refractivity contribution < 1.29 is 9.53 Å². The second-order valence-corrected chi connectivity index (χ2v) is 6.78. The number of urea groups is 1. The SMILES string of the molecule is O=C(Nc1ccc(Br)cc1)N1CCN(CC2CCCO2)CC1. The first kappa shape index (κ1) is 15.8. The number of hydrogen-bond donors (Lipinski definition) is 1. The molecule has 120 valence electrons. The fourth-order valence-corrected chi connectivity index (χ4v) is 3.21. The minimum Gasteiger partial charge on any atom is -0.377 e. The number of ether oxygens (including phenoxy) is 1. The van der Waals surface area contributed by atoms with Crippen LogP contribution in [-0.4, -0.2) is 61.3 Å². The van der Waals surface area contributed by atoms with E-state index in [1.165, 1.54) is 12.8 Å². The Labute approximate surface area is 139 Å². The molecule has 3 rings (SSSR count). The van der Waals surface area contributed by atoms with Crippen molar-refractivity contribution in [2.45, 2.75) is 18.9 Å². The molecule has 2 aliphatic rings. The third-order valence-electron chi connectivity index (χ3n) is 4.24. The predicted molar refractivity (Wildman–Crippen MR) is 90.1 cm³/mol. The highest BCUT2D eigenvalue weighted by Crippen LogP contribution is 2.16. The number of amides is 2. The van der Waals surface area contributed by atoms with Crippen molar-refractivity contribution in [2.24, 2.45) is 0 Å². The van der Waals surface area contributed by atoms with E-state index in [-0.39, 0.29) is 6.03 Å². The molecule has 0 aromatic heterocycles. The fourth-order valence-electron chi connectivity index (χ4n) is 2.95. The van der Waals surface area contributed by atoms with Crippen LogP contribution in [0.4, 0.5) is 10.5 Å². The molecular weight excluding hydrogens is 346 g/mol. The van der Waals surface area contributed by atoms with Gasteiger partial charge in [0, 0.05) is 49.5 Å². The van der Waals surface area contributed by atoms with Crippen LogP contribution in [0, 0.1) is 0 Å². The maximum atomic E-state index is 12.3. The van der Waals surface area contributed by atoms with Crippen LogP contribution in [0.25, 0.3) is 0 Å². The monoisotopic (exact) mass is 367 g/mol. The number of nitrogens with one attached hydrogen (secondary N) is 1. The standard InChI is InChI=1S/C16H22BrN3O2/c17-13-3-5-14(6-4-13)18-16(21)20-9-7-19(8-10-20)12-15-2-1-11-22-15/h3-6,15H,1-2,7-12H2,(H,18,21). The molecule has 2 fully saturated rings. The lowest BCUT2D eigenvalue weighted by Crippen LogP contribution is -2.51. The zero-order valence-corrected chi connectivity index (χ0v) is 14.2. The number of carbonyl (C=O) groups is 1. The first-order valence-corrected chi connectivity index (χ1v) is 8.65. The summed E-state index contributed by atoms with van der Waals surface area (Å²) in [5.41, 5.74) is 0.829. The molecule has 2 heterocycles. The highest BCUT2D eigenvalue weighted by atomic mass is 79.9. The Morgan fingerprint density at radius 3 is 2.59 bits per heavy atom. The molecule has 1 atom stereocenters. The molecule has 0 radical (unpaired) electrons. The van der Waals surface area contributed by atoms with Crippen LogP contribution in [0.1, 0.15) is 12.8 Å². The Kier molecular flexibility index (Phi) is 5.33. The van der Waals surface area contributed by atoms with Gasteiger partial charge in [0.05, 0.1) is 6.10 Å². The number of hydrogen-bond acceptors (Lipinski definition) is 3. The molecule has 2 amide bonds. The Morgan fingerprint density at radius 1 is 1.23 bits per heavy atom. The molecule has 2 saturated heterocycles. The lowest BCUT2D eigenvalue weighted by molar-refractivity contribution is 0.0572. The summed E-state index contributed by atoms with van der Waals surface area (Å²) in [6.07, 6.45) is 2.74. The van der Waals surface area contributed by atoms with Gasteiger partial charge in [-0.2, -0.15) is 0 Å². The summed E-state index contributed by atoms with van der Waals surface area (Å²) in [5.74, 6) is 0. The van der Waals surface area contributed by atoms with Crippen molar-refractivity contribution in [3.05, 3.63) is 28.7 Å². The highest BCUT2D eigenvalue weighted by Gasteiger charge is 2.24. The maximum absolute atomic E-state index is 12.3. The Bertz CT molecular complexity index is 495. The Hall–Kier alpha value is -1.11. The number of piperazine rings is 1. The largest absolute Gasteiger partial charge is 0.377 e. The number of nitrogens with zero attached hydrogens (tertiary/aromatic N) is 2. The average Bonchev–Trinajstić information content (AvgIpc) is 3.03. The molecule has 1 aromatic rings. The highest BCUT2D eigenvalue weighted by molar-refractivity contribution is 9.10. The molecule has 1 aromatic carbocycles. The van der Waals surface area contributed by atoms with Gasteiger partial charge in [0.2, 0.25) is 0 Å². The minimum absolute atomic E-state index is 0.0147. The van der Waals surface area contributed by atoms with E-state index in [0.717, 1.165) is 49.5 Å². The van der Waals surface area contributed by atoms with Crippen LogP contribution < -0.4 is 5.32 Å². The van der Waals surface area contributed by atoms with Crippen LogP contribution in [0.15, 0.2) is 28.7 Å². The summed E-state index contributed by atoms with van der Waals surface area (Å²) >= 11 is 3.39. The lowest BCUT2D eigenvalue weighted by atomic mass is 10.2. The van der Waals surface area contributed by atoms with Gasteiger partial charge in [-0.1, -0.05) is 15.9 Å². The van der Waals surface area contributed by atoms with Gasteiger partial charge in [-0.25, -0.2) is 4.79 Å². The summed E-state index contributed by atoms with van der Waals surface area (Å²) < 4.78 is 6.69. The molecule has 0 spiro atoms. The molecule has 0 aliphatic carbocycles. The fraction of sp³-hybridized carbons (Fsp3) is 0.562.